The van der Waals surface area contributed by atoms with Crippen molar-refractivity contribution in [2.24, 2.45) is 0 Å². The van der Waals surface area contributed by atoms with E-state index in [0.717, 1.165) is 0 Å². The summed E-state index contributed by atoms with van der Waals surface area (Å²) < 4.78 is 5.78. The number of allylic oxidation sites excluding steroid dienone is 1. The Morgan fingerprint density at radius 2 is 1.65 bits per heavy atom. The van der Waals surface area contributed by atoms with Gasteiger partial charge in [0.1, 0.15) is 0 Å². The van der Waals surface area contributed by atoms with Crippen LogP contribution in [-0.4, -0.2) is 0 Å². The summed E-state index contributed by atoms with van der Waals surface area (Å²) in [5.41, 5.74) is 6.62. The molecule has 1 aromatic carbocycles. The number of hydrogen-bond acceptors (Lipinski definition) is 0. The van der Waals surface area contributed by atoms with E-state index in [2.05, 4.69) is 40.6 Å². The van der Waals surface area contributed by atoms with Crippen LogP contribution in [0.1, 0.15) is 80.5 Å². The third kappa shape index (κ3) is 3.60. The molecule has 2 aliphatic carbocycles. The van der Waals surface area contributed by atoms with Gasteiger partial charge in [0.15, 0.2) is 0 Å². The van der Waals surface area contributed by atoms with E-state index in [-0.39, 0.29) is 0 Å². The molecule has 0 heterocycles. The molecular formula is C22H33Hf. The van der Waals surface area contributed by atoms with Crippen LogP contribution in [0.3, 0.4) is 0 Å². The van der Waals surface area contributed by atoms with Crippen molar-refractivity contribution in [1.82, 2.24) is 0 Å². The van der Waals surface area contributed by atoms with Gasteiger partial charge in [0.2, 0.25) is 0 Å². The van der Waals surface area contributed by atoms with E-state index in [1.165, 1.54) is 64.2 Å². The van der Waals surface area contributed by atoms with Crippen LogP contribution in [0, 0.1) is 0 Å². The third-order valence-corrected chi connectivity index (χ3v) is 15.0. The Bertz CT molecular complexity index is 570. The molecule has 1 unspecified atom stereocenters. The second kappa shape index (κ2) is 7.81. The van der Waals surface area contributed by atoms with Gasteiger partial charge in [-0.2, -0.15) is 0 Å². The summed E-state index contributed by atoms with van der Waals surface area (Å²) in [6.07, 6.45) is 19.1. The SMILES string of the molecule is CCCCCCCC[C]1([Hf]([CH3])[CH3])C=Cc2cc3c(cc21)CCC3. The van der Waals surface area contributed by atoms with Crippen molar-refractivity contribution in [2.75, 3.05) is 0 Å². The van der Waals surface area contributed by atoms with Gasteiger partial charge < -0.3 is 0 Å². The van der Waals surface area contributed by atoms with Crippen LogP contribution in [0.2, 0.25) is 9.36 Å². The summed E-state index contributed by atoms with van der Waals surface area (Å²) in [5.74, 6) is 0. The van der Waals surface area contributed by atoms with Crippen molar-refractivity contribution in [2.45, 2.75) is 83.7 Å². The Morgan fingerprint density at radius 1 is 0.957 bits per heavy atom. The normalized spacial score (nSPS) is 21.5. The maximum absolute atomic E-state index is 2.64. The molecule has 1 aromatic rings. The van der Waals surface area contributed by atoms with Crippen molar-refractivity contribution in [1.29, 1.82) is 0 Å². The van der Waals surface area contributed by atoms with Crippen molar-refractivity contribution >= 4 is 6.08 Å². The Labute approximate surface area is 151 Å². The number of fused-ring (bicyclic) bond motifs is 2. The molecule has 3 rings (SSSR count). The minimum absolute atomic E-state index is 0.516. The molecule has 0 nitrogen and oxygen atoms in total. The standard InChI is InChI=1S/C20H27.2CH3.Hf/c1-2-3-4-5-6-7-9-16-12-13-19-14-17-10-8-11-18(17)15-20(16)19;;;/h12-15H,2-11H2,1H3;2*1H3;. The van der Waals surface area contributed by atoms with Crippen molar-refractivity contribution in [3.8, 4) is 0 Å². The third-order valence-electron chi connectivity index (χ3n) is 6.11. The summed E-state index contributed by atoms with van der Waals surface area (Å²) in [7, 11) is 0. The summed E-state index contributed by atoms with van der Waals surface area (Å²) >= 11 is -1.56. The van der Waals surface area contributed by atoms with Gasteiger partial charge >= 0.3 is 152 Å². The van der Waals surface area contributed by atoms with E-state index >= 15 is 0 Å². The number of unbranched alkanes of at least 4 members (excludes halogenated alkanes) is 5. The fraction of sp³-hybridized carbons (Fsp3) is 0.636. The van der Waals surface area contributed by atoms with Gasteiger partial charge in [-0.1, -0.05) is 0 Å². The van der Waals surface area contributed by atoms with E-state index in [1.807, 2.05) is 0 Å². The van der Waals surface area contributed by atoms with Crippen LogP contribution >= 0.6 is 0 Å². The molecule has 0 bridgehead atoms. The second-order valence-electron chi connectivity index (χ2n) is 7.88. The van der Waals surface area contributed by atoms with Gasteiger partial charge in [-0.15, -0.1) is 0 Å². The molecule has 0 saturated heterocycles. The molecule has 1 heteroatoms. The zero-order valence-electron chi connectivity index (χ0n) is 15.4. The fourth-order valence-corrected chi connectivity index (χ4v) is 11.2. The first-order chi connectivity index (χ1) is 11.2. The van der Waals surface area contributed by atoms with E-state index in [0.29, 0.717) is 3.17 Å². The molecule has 0 saturated carbocycles. The Morgan fingerprint density at radius 3 is 2.39 bits per heavy atom. The second-order valence-corrected chi connectivity index (χ2v) is 18.3. The first-order valence-corrected chi connectivity index (χ1v) is 18.8. The van der Waals surface area contributed by atoms with Crippen LogP contribution < -0.4 is 0 Å². The van der Waals surface area contributed by atoms with Crippen molar-refractivity contribution in [3.63, 3.8) is 0 Å². The molecule has 0 amide bonds. The van der Waals surface area contributed by atoms with Gasteiger partial charge in [-0.05, 0) is 0 Å². The zero-order chi connectivity index (χ0) is 16.3. The van der Waals surface area contributed by atoms with Crippen LogP contribution in [0.5, 0.6) is 0 Å². The minimum atomic E-state index is -1.56. The van der Waals surface area contributed by atoms with Gasteiger partial charge in [-0.25, -0.2) is 0 Å². The topological polar surface area (TPSA) is 0 Å². The average Bonchev–Trinajstić information content (AvgIpc) is 3.13. The van der Waals surface area contributed by atoms with E-state index in [9.17, 15) is 0 Å². The zero-order valence-corrected chi connectivity index (χ0v) is 19.0. The quantitative estimate of drug-likeness (QED) is 0.284. The van der Waals surface area contributed by atoms with Crippen LogP contribution in [0.15, 0.2) is 18.2 Å². The Kier molecular flexibility index (Phi) is 5.99. The molecule has 0 aromatic heterocycles. The molecule has 1 atom stereocenters. The van der Waals surface area contributed by atoms with Gasteiger partial charge in [-0.3, -0.25) is 0 Å². The monoisotopic (exact) mass is 477 g/mol. The van der Waals surface area contributed by atoms with Gasteiger partial charge in [0, 0.05) is 0 Å². The summed E-state index contributed by atoms with van der Waals surface area (Å²) in [5, 5.41) is 0. The Balaban J connectivity index is 1.72. The molecule has 23 heavy (non-hydrogen) atoms. The van der Waals surface area contributed by atoms with Crippen LogP contribution in [0.4, 0.5) is 0 Å². The molecule has 0 fully saturated rings. The predicted molar refractivity (Wildman–Crippen MR) is 98.9 cm³/mol. The first-order valence-electron chi connectivity index (χ1n) is 9.83. The molecule has 0 radical (unpaired) electrons. The molecule has 0 spiro atoms. The predicted octanol–water partition coefficient (Wildman–Crippen LogP) is 6.86. The summed E-state index contributed by atoms with van der Waals surface area (Å²) in [4.78, 5) is 0. The molecule has 0 N–H and O–H groups in total. The van der Waals surface area contributed by atoms with Crippen molar-refractivity contribution < 1.29 is 21.4 Å². The van der Waals surface area contributed by atoms with Crippen molar-refractivity contribution in [3.05, 3.63) is 40.5 Å². The number of rotatable bonds is 8. The number of hydrogen-bond donors (Lipinski definition) is 0. The number of aryl methyl sites for hydroxylation is 2. The van der Waals surface area contributed by atoms with Crippen LogP contribution in [0.25, 0.3) is 6.08 Å². The summed E-state index contributed by atoms with van der Waals surface area (Å²) in [6, 6.07) is 5.16. The van der Waals surface area contributed by atoms with E-state index < -0.39 is 21.4 Å². The Hall–Kier alpha value is -0.170. The summed E-state index contributed by atoms with van der Waals surface area (Å²) in [6.45, 7) is 2.31. The maximum atomic E-state index is 2.64. The molecule has 0 aliphatic heterocycles. The molecule has 125 valence electrons. The van der Waals surface area contributed by atoms with E-state index in [1.54, 1.807) is 22.3 Å². The molecular weight excluding hydrogens is 443 g/mol. The fourth-order valence-electron chi connectivity index (χ4n) is 4.58. The first kappa shape index (κ1) is 17.6. The molecule has 2 aliphatic rings. The van der Waals surface area contributed by atoms with Gasteiger partial charge in [0.25, 0.3) is 0 Å². The van der Waals surface area contributed by atoms with Crippen LogP contribution in [-0.2, 0) is 37.5 Å². The van der Waals surface area contributed by atoms with E-state index in [4.69, 9.17) is 0 Å². The van der Waals surface area contributed by atoms with Gasteiger partial charge in [0.05, 0.1) is 0 Å². The average molecular weight is 476 g/mol. The number of benzene rings is 1.